The first kappa shape index (κ1) is 20.7. The number of carbonyl (C=O) groups excluding carboxylic acids is 1. The number of aryl methyl sites for hydroxylation is 1. The van der Waals surface area contributed by atoms with Crippen molar-refractivity contribution in [3.05, 3.63) is 81.6 Å². The van der Waals surface area contributed by atoms with E-state index >= 15 is 0 Å². The first-order valence-corrected chi connectivity index (χ1v) is 11.6. The van der Waals surface area contributed by atoms with Gasteiger partial charge in [0.15, 0.2) is 0 Å². The van der Waals surface area contributed by atoms with Crippen molar-refractivity contribution in [3.8, 4) is 0 Å². The van der Waals surface area contributed by atoms with Crippen molar-refractivity contribution in [1.82, 2.24) is 4.72 Å². The number of hydrogen-bond acceptors (Lipinski definition) is 4. The second kappa shape index (κ2) is 9.00. The minimum absolute atomic E-state index is 0.153. The predicted octanol–water partition coefficient (Wildman–Crippen LogP) is 4.35. The van der Waals surface area contributed by atoms with Crippen LogP contribution in [0.1, 0.15) is 11.1 Å². The molecule has 0 saturated carbocycles. The average Bonchev–Trinajstić information content (AvgIpc) is 3.11. The van der Waals surface area contributed by atoms with E-state index in [1.165, 1.54) is 6.07 Å². The van der Waals surface area contributed by atoms with Gasteiger partial charge in [0.05, 0.1) is 3.79 Å². The molecule has 1 atom stereocenters. The van der Waals surface area contributed by atoms with Gasteiger partial charge in [-0.3, -0.25) is 4.79 Å². The molecular formula is C20H19BrN2O3S2. The van der Waals surface area contributed by atoms with E-state index in [1.54, 1.807) is 18.2 Å². The molecule has 0 bridgehead atoms. The second-order valence-electron chi connectivity index (χ2n) is 6.28. The molecule has 0 saturated heterocycles. The van der Waals surface area contributed by atoms with Crippen molar-refractivity contribution in [3.63, 3.8) is 0 Å². The van der Waals surface area contributed by atoms with Gasteiger partial charge in [-0.2, -0.15) is 4.72 Å². The number of hydrogen-bond donors (Lipinski definition) is 2. The van der Waals surface area contributed by atoms with Gasteiger partial charge in [-0.25, -0.2) is 8.42 Å². The minimum Gasteiger partial charge on any atom is -0.325 e. The van der Waals surface area contributed by atoms with Gasteiger partial charge in [-0.05, 0) is 59.1 Å². The lowest BCUT2D eigenvalue weighted by Gasteiger charge is -2.18. The van der Waals surface area contributed by atoms with Crippen LogP contribution in [-0.2, 0) is 21.2 Å². The van der Waals surface area contributed by atoms with E-state index in [-0.39, 0.29) is 10.6 Å². The highest BCUT2D eigenvalue weighted by atomic mass is 79.9. The van der Waals surface area contributed by atoms with Crippen LogP contribution < -0.4 is 10.0 Å². The van der Waals surface area contributed by atoms with Crippen LogP contribution >= 0.6 is 27.3 Å². The van der Waals surface area contributed by atoms with Crippen molar-refractivity contribution in [2.75, 3.05) is 5.32 Å². The van der Waals surface area contributed by atoms with Crippen LogP contribution in [0.4, 0.5) is 5.69 Å². The summed E-state index contributed by atoms with van der Waals surface area (Å²) in [5.74, 6) is -0.410. The zero-order chi connectivity index (χ0) is 20.1. The zero-order valence-corrected chi connectivity index (χ0v) is 18.3. The molecule has 0 fully saturated rings. The van der Waals surface area contributed by atoms with Crippen molar-refractivity contribution < 1.29 is 13.2 Å². The lowest BCUT2D eigenvalue weighted by atomic mass is 10.1. The number of nitrogens with one attached hydrogen (secondary N) is 2. The van der Waals surface area contributed by atoms with Gasteiger partial charge in [0.1, 0.15) is 10.3 Å². The van der Waals surface area contributed by atoms with Gasteiger partial charge in [-0.15, -0.1) is 11.3 Å². The number of amides is 1. The number of rotatable bonds is 7. The lowest BCUT2D eigenvalue weighted by Crippen LogP contribution is -2.45. The molecule has 146 valence electrons. The summed E-state index contributed by atoms with van der Waals surface area (Å²) in [6.45, 7) is 1.96. The summed E-state index contributed by atoms with van der Waals surface area (Å²) < 4.78 is 28.9. The van der Waals surface area contributed by atoms with Crippen LogP contribution in [-0.4, -0.2) is 20.4 Å². The summed E-state index contributed by atoms with van der Waals surface area (Å²) in [7, 11) is -3.83. The maximum absolute atomic E-state index is 12.9. The fourth-order valence-electron chi connectivity index (χ4n) is 2.59. The molecule has 1 heterocycles. The van der Waals surface area contributed by atoms with Crippen molar-refractivity contribution >= 4 is 48.9 Å². The van der Waals surface area contributed by atoms with Gasteiger partial charge < -0.3 is 5.32 Å². The van der Waals surface area contributed by atoms with Crippen LogP contribution in [0.5, 0.6) is 0 Å². The summed E-state index contributed by atoms with van der Waals surface area (Å²) in [5, 5.41) is 2.80. The minimum atomic E-state index is -3.83. The fraction of sp³-hybridized carbons (Fsp3) is 0.150. The molecule has 0 aliphatic carbocycles. The van der Waals surface area contributed by atoms with E-state index in [2.05, 4.69) is 26.0 Å². The highest BCUT2D eigenvalue weighted by Crippen LogP contribution is 2.26. The molecule has 0 spiro atoms. The highest BCUT2D eigenvalue weighted by Gasteiger charge is 2.27. The van der Waals surface area contributed by atoms with Crippen molar-refractivity contribution in [2.24, 2.45) is 0 Å². The third kappa shape index (κ3) is 5.51. The van der Waals surface area contributed by atoms with E-state index in [9.17, 15) is 13.2 Å². The van der Waals surface area contributed by atoms with Crippen LogP contribution in [0.2, 0.25) is 0 Å². The summed E-state index contributed by atoms with van der Waals surface area (Å²) in [5.41, 5.74) is 2.55. The summed E-state index contributed by atoms with van der Waals surface area (Å²) >= 11 is 4.37. The van der Waals surface area contributed by atoms with Gasteiger partial charge in [0.25, 0.3) is 10.0 Å². The third-order valence-electron chi connectivity index (χ3n) is 4.03. The van der Waals surface area contributed by atoms with Crippen LogP contribution in [0.25, 0.3) is 0 Å². The summed E-state index contributed by atoms with van der Waals surface area (Å²) in [6.07, 6.45) is 0.240. The normalized spacial score (nSPS) is 12.5. The Kier molecular flexibility index (Phi) is 6.66. The number of benzene rings is 2. The smallest absolute Gasteiger partial charge is 0.250 e. The van der Waals surface area contributed by atoms with Crippen molar-refractivity contribution in [1.29, 1.82) is 0 Å². The Morgan fingerprint density at radius 3 is 2.32 bits per heavy atom. The van der Waals surface area contributed by atoms with Crippen LogP contribution in [0.3, 0.4) is 0 Å². The van der Waals surface area contributed by atoms with Gasteiger partial charge >= 0.3 is 0 Å². The topological polar surface area (TPSA) is 75.3 Å². The van der Waals surface area contributed by atoms with Crippen molar-refractivity contribution in [2.45, 2.75) is 23.6 Å². The Labute approximate surface area is 177 Å². The maximum atomic E-state index is 12.9. The molecule has 1 aromatic heterocycles. The predicted molar refractivity (Wildman–Crippen MR) is 116 cm³/mol. The van der Waals surface area contributed by atoms with E-state index in [1.807, 2.05) is 49.4 Å². The Morgan fingerprint density at radius 1 is 1.04 bits per heavy atom. The van der Waals surface area contributed by atoms with E-state index in [4.69, 9.17) is 0 Å². The number of halogens is 1. The molecule has 5 nitrogen and oxygen atoms in total. The molecule has 2 N–H and O–H groups in total. The second-order valence-corrected chi connectivity index (χ2v) is 10.7. The number of carbonyl (C=O) groups is 1. The highest BCUT2D eigenvalue weighted by molar-refractivity contribution is 9.11. The Bertz CT molecular complexity index is 1050. The van der Waals surface area contributed by atoms with Crippen LogP contribution in [0, 0.1) is 6.92 Å². The molecule has 8 heteroatoms. The summed E-state index contributed by atoms with van der Waals surface area (Å²) in [4.78, 5) is 12.9. The zero-order valence-electron chi connectivity index (χ0n) is 15.1. The van der Waals surface area contributed by atoms with Gasteiger partial charge in [0.2, 0.25) is 5.91 Å². The molecule has 1 amide bonds. The van der Waals surface area contributed by atoms with E-state index in [0.29, 0.717) is 9.47 Å². The standard InChI is InChI=1S/C20H19BrN2O3S2/c1-14-7-9-16(10-8-14)22-20(24)17(13-15-5-3-2-4-6-15)23-28(25,26)19-12-11-18(21)27-19/h2-12,17,23H,13H2,1H3,(H,22,24)/t17-/m1/s1. The molecule has 0 unspecified atom stereocenters. The van der Waals surface area contributed by atoms with Gasteiger partial charge in [0, 0.05) is 5.69 Å². The number of sulfonamides is 1. The maximum Gasteiger partial charge on any atom is 0.250 e. The molecule has 3 aromatic rings. The third-order valence-corrected chi connectivity index (χ3v) is 7.62. The van der Waals surface area contributed by atoms with E-state index < -0.39 is 22.0 Å². The van der Waals surface area contributed by atoms with Gasteiger partial charge in [-0.1, -0.05) is 48.0 Å². The first-order chi connectivity index (χ1) is 13.3. The SMILES string of the molecule is Cc1ccc(NC(=O)[C@@H](Cc2ccccc2)NS(=O)(=O)c2ccc(Br)s2)cc1. The fourth-order valence-corrected chi connectivity index (χ4v) is 5.81. The molecule has 0 radical (unpaired) electrons. The molecule has 3 rings (SSSR count). The quantitative estimate of drug-likeness (QED) is 0.529. The molecule has 28 heavy (non-hydrogen) atoms. The molecule has 2 aromatic carbocycles. The Morgan fingerprint density at radius 2 is 1.71 bits per heavy atom. The Hall–Kier alpha value is -2.00. The number of thiophene rings is 1. The monoisotopic (exact) mass is 478 g/mol. The lowest BCUT2D eigenvalue weighted by molar-refractivity contribution is -0.117. The largest absolute Gasteiger partial charge is 0.325 e. The Balaban J connectivity index is 1.83. The van der Waals surface area contributed by atoms with Crippen LogP contribution in [0.15, 0.2) is 74.7 Å². The molecule has 0 aliphatic heterocycles. The molecule has 0 aliphatic rings. The average molecular weight is 479 g/mol. The van der Waals surface area contributed by atoms with E-state index in [0.717, 1.165) is 22.5 Å². The first-order valence-electron chi connectivity index (χ1n) is 8.52. The summed E-state index contributed by atoms with van der Waals surface area (Å²) in [6, 6.07) is 18.9. The number of anilines is 1. The molecular weight excluding hydrogens is 460 g/mol.